The molecule has 0 unspecified atom stereocenters. The van der Waals surface area contributed by atoms with Crippen LogP contribution in [0.3, 0.4) is 0 Å². The van der Waals surface area contributed by atoms with E-state index in [1.54, 1.807) is 38.1 Å². The van der Waals surface area contributed by atoms with Crippen LogP contribution in [0.1, 0.15) is 31.4 Å². The van der Waals surface area contributed by atoms with Gasteiger partial charge in [0.15, 0.2) is 5.16 Å². The van der Waals surface area contributed by atoms with E-state index < -0.39 is 23.4 Å². The number of rotatable bonds is 6. The summed E-state index contributed by atoms with van der Waals surface area (Å²) in [5, 5.41) is 4.10. The Morgan fingerprint density at radius 2 is 1.88 bits per heavy atom. The summed E-state index contributed by atoms with van der Waals surface area (Å²) in [6.07, 6.45) is 0.391. The molecule has 2 heterocycles. The molecule has 4 rings (SSSR count). The molecule has 34 heavy (non-hydrogen) atoms. The van der Waals surface area contributed by atoms with E-state index in [0.29, 0.717) is 33.2 Å². The molecule has 2 aromatic carbocycles. The first kappa shape index (κ1) is 23.5. The highest BCUT2D eigenvalue weighted by atomic mass is 32.2. The average molecular weight is 480 g/mol. The van der Waals surface area contributed by atoms with Gasteiger partial charge >= 0.3 is 6.03 Å². The zero-order valence-corrected chi connectivity index (χ0v) is 20.2. The van der Waals surface area contributed by atoms with E-state index in [1.165, 1.54) is 4.57 Å². The van der Waals surface area contributed by atoms with Crippen LogP contribution in [-0.2, 0) is 9.59 Å². The maximum absolute atomic E-state index is 13.4. The van der Waals surface area contributed by atoms with Crippen molar-refractivity contribution in [2.45, 2.75) is 44.8 Å². The molecular weight excluding hydrogens is 454 g/mol. The largest absolute Gasteiger partial charge is 0.344 e. The van der Waals surface area contributed by atoms with E-state index in [4.69, 9.17) is 0 Å². The summed E-state index contributed by atoms with van der Waals surface area (Å²) in [7, 11) is 0. The van der Waals surface area contributed by atoms with Gasteiger partial charge in [-0.2, -0.15) is 5.01 Å². The van der Waals surface area contributed by atoms with Gasteiger partial charge < -0.3 is 5.32 Å². The maximum atomic E-state index is 13.4. The molecule has 4 amide bonds. The molecule has 1 atom stereocenters. The smallest absolute Gasteiger partial charge is 0.322 e. The summed E-state index contributed by atoms with van der Waals surface area (Å²) in [5.74, 6) is -1.24. The minimum atomic E-state index is -1.05. The van der Waals surface area contributed by atoms with Crippen molar-refractivity contribution in [2.24, 2.45) is 0 Å². The number of hydrogen-bond donors (Lipinski definition) is 2. The number of thioether (sulfide) groups is 1. The highest BCUT2D eigenvalue weighted by molar-refractivity contribution is 7.99. The topological polar surface area (TPSA) is 113 Å². The third-order valence-electron chi connectivity index (χ3n) is 5.89. The number of urea groups is 1. The number of nitrogens with one attached hydrogen (secondary N) is 2. The van der Waals surface area contributed by atoms with Gasteiger partial charge in [-0.15, -0.1) is 0 Å². The molecule has 1 aromatic heterocycles. The number of aromatic nitrogens is 2. The van der Waals surface area contributed by atoms with Gasteiger partial charge in [0, 0.05) is 0 Å². The van der Waals surface area contributed by atoms with E-state index in [1.807, 2.05) is 32.0 Å². The number of benzene rings is 2. The molecule has 1 aliphatic rings. The van der Waals surface area contributed by atoms with Crippen LogP contribution in [0.15, 0.2) is 52.4 Å². The van der Waals surface area contributed by atoms with Crippen molar-refractivity contribution in [2.75, 3.05) is 5.75 Å². The molecule has 1 fully saturated rings. The Balaban J connectivity index is 1.65. The number of imide groups is 1. The Morgan fingerprint density at radius 1 is 1.15 bits per heavy atom. The second-order valence-corrected chi connectivity index (χ2v) is 9.36. The predicted molar refractivity (Wildman–Crippen MR) is 130 cm³/mol. The molecule has 0 saturated carbocycles. The van der Waals surface area contributed by atoms with Crippen molar-refractivity contribution < 1.29 is 14.4 Å². The predicted octanol–water partition coefficient (Wildman–Crippen LogP) is 2.85. The number of para-hydroxylation sites is 1. The van der Waals surface area contributed by atoms with Crippen LogP contribution in [0.5, 0.6) is 0 Å². The molecule has 0 radical (unpaired) electrons. The normalized spacial score (nSPS) is 17.8. The molecule has 0 spiro atoms. The lowest BCUT2D eigenvalue weighted by Gasteiger charge is -2.19. The Hall–Kier alpha value is -3.66. The molecule has 176 valence electrons. The van der Waals surface area contributed by atoms with Crippen LogP contribution in [0.2, 0.25) is 0 Å². The summed E-state index contributed by atoms with van der Waals surface area (Å²) in [5.41, 5.74) is 4.13. The standard InChI is InChI=1S/C24H25N5O4S/c1-5-24(4)21(32)29(22(33)26-24)27-19(30)13-34-23-25-17-9-7-6-8-16(17)20(31)28(23)18-12-14(2)10-11-15(18)3/h6-12H,5,13H2,1-4H3,(H,26,33)(H,27,30)/t24-/m1/s1. The molecule has 1 saturated heterocycles. The highest BCUT2D eigenvalue weighted by Crippen LogP contribution is 2.24. The number of aryl methyl sites for hydroxylation is 2. The van der Waals surface area contributed by atoms with E-state index in [0.717, 1.165) is 22.9 Å². The van der Waals surface area contributed by atoms with E-state index in [-0.39, 0.29) is 11.3 Å². The fourth-order valence-corrected chi connectivity index (χ4v) is 4.49. The highest BCUT2D eigenvalue weighted by Gasteiger charge is 2.47. The van der Waals surface area contributed by atoms with Crippen molar-refractivity contribution >= 4 is 40.5 Å². The van der Waals surface area contributed by atoms with Crippen molar-refractivity contribution in [1.82, 2.24) is 25.3 Å². The quantitative estimate of drug-likeness (QED) is 0.319. The monoisotopic (exact) mass is 479 g/mol. The fourth-order valence-electron chi connectivity index (χ4n) is 3.69. The third kappa shape index (κ3) is 4.16. The lowest BCUT2D eigenvalue weighted by atomic mass is 10.00. The second-order valence-electron chi connectivity index (χ2n) is 8.42. The first-order valence-electron chi connectivity index (χ1n) is 10.8. The molecule has 2 N–H and O–H groups in total. The summed E-state index contributed by atoms with van der Waals surface area (Å²) in [6, 6.07) is 12.1. The van der Waals surface area contributed by atoms with Gasteiger partial charge in [-0.05, 0) is 56.5 Å². The lowest BCUT2D eigenvalue weighted by Crippen LogP contribution is -2.49. The van der Waals surface area contributed by atoms with E-state index in [9.17, 15) is 19.2 Å². The number of fused-ring (bicyclic) bond motifs is 1. The SMILES string of the molecule is CC[C@@]1(C)NC(=O)N(NC(=O)CSc2nc3ccccc3c(=O)n2-c2cc(C)ccc2C)C1=O. The molecule has 0 aliphatic carbocycles. The summed E-state index contributed by atoms with van der Waals surface area (Å²) in [4.78, 5) is 55.5. The Labute approximate surface area is 200 Å². The Bertz CT molecular complexity index is 1390. The Morgan fingerprint density at radius 3 is 2.59 bits per heavy atom. The van der Waals surface area contributed by atoms with Gasteiger partial charge in [-0.1, -0.05) is 43.0 Å². The van der Waals surface area contributed by atoms with E-state index in [2.05, 4.69) is 15.7 Å². The number of carbonyl (C=O) groups excluding carboxylic acids is 3. The Kier molecular flexibility index (Phi) is 6.18. The summed E-state index contributed by atoms with van der Waals surface area (Å²) >= 11 is 1.06. The van der Waals surface area contributed by atoms with Gasteiger partial charge in [0.2, 0.25) is 5.91 Å². The van der Waals surface area contributed by atoms with E-state index >= 15 is 0 Å². The zero-order valence-electron chi connectivity index (χ0n) is 19.3. The summed E-state index contributed by atoms with van der Waals surface area (Å²) in [6.45, 7) is 7.22. The number of hydrazine groups is 1. The first-order chi connectivity index (χ1) is 16.1. The third-order valence-corrected chi connectivity index (χ3v) is 6.83. The zero-order chi connectivity index (χ0) is 24.6. The number of carbonyl (C=O) groups is 3. The van der Waals surface area contributed by atoms with Gasteiger partial charge in [0.25, 0.3) is 11.5 Å². The summed E-state index contributed by atoms with van der Waals surface area (Å²) < 4.78 is 1.50. The van der Waals surface area contributed by atoms with Crippen LogP contribution in [0, 0.1) is 13.8 Å². The van der Waals surface area contributed by atoms with Crippen LogP contribution >= 0.6 is 11.8 Å². The molecule has 9 nitrogen and oxygen atoms in total. The lowest BCUT2D eigenvalue weighted by molar-refractivity contribution is -0.137. The minimum Gasteiger partial charge on any atom is -0.322 e. The number of hydrogen-bond acceptors (Lipinski definition) is 6. The second kappa shape index (κ2) is 8.94. The van der Waals surface area contributed by atoms with Crippen molar-refractivity contribution in [3.8, 4) is 5.69 Å². The van der Waals surface area contributed by atoms with Gasteiger partial charge in [0.1, 0.15) is 5.54 Å². The van der Waals surface area contributed by atoms with Gasteiger partial charge in [-0.25, -0.2) is 9.78 Å². The fraction of sp³-hybridized carbons (Fsp3) is 0.292. The maximum Gasteiger partial charge on any atom is 0.344 e. The van der Waals surface area contributed by atoms with Crippen LogP contribution in [-0.4, -0.2) is 43.7 Å². The van der Waals surface area contributed by atoms with Crippen molar-refractivity contribution in [3.63, 3.8) is 0 Å². The van der Waals surface area contributed by atoms with Crippen LogP contribution in [0.4, 0.5) is 4.79 Å². The van der Waals surface area contributed by atoms with Crippen molar-refractivity contribution in [3.05, 3.63) is 63.9 Å². The molecule has 1 aliphatic heterocycles. The van der Waals surface area contributed by atoms with Gasteiger partial charge in [0.05, 0.1) is 22.3 Å². The molecule has 3 aromatic rings. The first-order valence-corrected chi connectivity index (χ1v) is 11.8. The average Bonchev–Trinajstić information content (AvgIpc) is 3.03. The molecule has 10 heteroatoms. The van der Waals surface area contributed by atoms with Crippen LogP contribution < -0.4 is 16.3 Å². The van der Waals surface area contributed by atoms with Gasteiger partial charge in [-0.3, -0.25) is 24.4 Å². The number of amides is 4. The van der Waals surface area contributed by atoms with Crippen molar-refractivity contribution in [1.29, 1.82) is 0 Å². The molecular formula is C24H25N5O4S. The minimum absolute atomic E-state index is 0.157. The molecule has 0 bridgehead atoms. The number of nitrogens with zero attached hydrogens (tertiary/aromatic N) is 3. The van der Waals surface area contributed by atoms with Crippen LogP contribution in [0.25, 0.3) is 16.6 Å².